The van der Waals surface area contributed by atoms with Crippen LogP contribution in [-0.4, -0.2) is 16.5 Å². The third-order valence-electron chi connectivity index (χ3n) is 1.05. The van der Waals surface area contributed by atoms with Crippen LogP contribution in [0.3, 0.4) is 0 Å². The molecule has 2 nitrogen and oxygen atoms in total. The highest BCUT2D eigenvalue weighted by atomic mass is 15.3. The second-order valence-corrected chi connectivity index (χ2v) is 1.73. The van der Waals surface area contributed by atoms with Crippen molar-refractivity contribution < 1.29 is 0 Å². The highest BCUT2D eigenvalue weighted by Crippen LogP contribution is 2.02. The summed E-state index contributed by atoms with van der Waals surface area (Å²) in [7, 11) is 3.69. The van der Waals surface area contributed by atoms with E-state index in [9.17, 15) is 0 Å². The number of hydrogen-bond acceptors (Lipinski definition) is 2. The predicted molar refractivity (Wildman–Crippen MR) is 33.2 cm³/mol. The quantitative estimate of drug-likeness (QED) is 0.495. The van der Waals surface area contributed by atoms with Crippen molar-refractivity contribution in [3.05, 3.63) is 32.2 Å². The van der Waals surface area contributed by atoms with Crippen LogP contribution < -0.4 is 0 Å². The van der Waals surface area contributed by atoms with Gasteiger partial charge >= 0.3 is 0 Å². The van der Waals surface area contributed by atoms with Gasteiger partial charge in [0.2, 0.25) is 0 Å². The third kappa shape index (κ3) is 0.832. The first-order valence-corrected chi connectivity index (χ1v) is 2.46. The van der Waals surface area contributed by atoms with Crippen LogP contribution in [0.5, 0.6) is 0 Å². The fourth-order valence-corrected chi connectivity index (χ4v) is 0.603. The predicted octanol–water partition coefficient (Wildman–Crippen LogP) is 0.968. The lowest BCUT2D eigenvalue weighted by atomic mass is 10.8. The molecule has 1 aliphatic heterocycles. The molecule has 0 atom stereocenters. The highest BCUT2D eigenvalue weighted by molar-refractivity contribution is 4.94. The van der Waals surface area contributed by atoms with Gasteiger partial charge in [0.1, 0.15) is 0 Å². The summed E-state index contributed by atoms with van der Waals surface area (Å²) < 4.78 is 0. The van der Waals surface area contributed by atoms with Gasteiger partial charge in [-0.15, -0.1) is 0 Å². The average Bonchev–Trinajstić information content (AvgIpc) is 2.14. The van der Waals surface area contributed by atoms with Gasteiger partial charge in [-0.05, 0) is 6.20 Å². The summed E-state index contributed by atoms with van der Waals surface area (Å²) in [5, 5.41) is 0. The molecule has 43 valence electrons. The first-order valence-electron chi connectivity index (χ1n) is 2.46. The van der Waals surface area contributed by atoms with Crippen molar-refractivity contribution in [1.82, 2.24) is 9.80 Å². The van der Waals surface area contributed by atoms with Gasteiger partial charge in [-0.25, -0.2) is 0 Å². The zero-order chi connectivity index (χ0) is 5.98. The van der Waals surface area contributed by atoms with Crippen molar-refractivity contribution in [2.45, 2.75) is 0 Å². The van der Waals surface area contributed by atoms with E-state index in [1.54, 1.807) is 6.20 Å². The summed E-state index contributed by atoms with van der Waals surface area (Å²) in [6, 6.07) is 0. The van der Waals surface area contributed by atoms with E-state index >= 15 is 0 Å². The molecule has 0 saturated heterocycles. The van der Waals surface area contributed by atoms with Crippen LogP contribution in [0.1, 0.15) is 0 Å². The minimum Gasteiger partial charge on any atom is -0.356 e. The lowest BCUT2D eigenvalue weighted by Gasteiger charge is -2.11. The summed E-state index contributed by atoms with van der Waals surface area (Å²) >= 11 is 0. The van der Waals surface area contributed by atoms with Gasteiger partial charge in [-0.3, -0.25) is 0 Å². The number of hydrogen-bond donors (Lipinski definition) is 0. The molecule has 1 heterocycles. The Labute approximate surface area is 49.7 Å². The van der Waals surface area contributed by atoms with Crippen LogP contribution in [-0.2, 0) is 0 Å². The molecule has 1 radical (unpaired) electrons. The summed E-state index contributed by atoms with van der Waals surface area (Å²) in [5.41, 5.74) is 0. The average molecular weight is 109 g/mol. The van der Waals surface area contributed by atoms with Crippen molar-refractivity contribution in [3.63, 3.8) is 0 Å². The molecule has 0 aromatic heterocycles. The minimum atomic E-state index is 0.823. The highest BCUT2D eigenvalue weighted by Gasteiger charge is 2.02. The van der Waals surface area contributed by atoms with Crippen molar-refractivity contribution in [2.75, 3.05) is 6.67 Å². The lowest BCUT2D eigenvalue weighted by molar-refractivity contribution is 0.389. The molecule has 0 unspecified atom stereocenters. The maximum absolute atomic E-state index is 3.69. The number of nitrogens with zero attached hydrogens (tertiary/aromatic N) is 2. The molecule has 0 aromatic rings. The Morgan fingerprint density at radius 2 is 2.25 bits per heavy atom. The maximum atomic E-state index is 3.69. The molecule has 0 aromatic carbocycles. The van der Waals surface area contributed by atoms with Crippen LogP contribution in [0.15, 0.2) is 25.2 Å². The van der Waals surface area contributed by atoms with E-state index < -0.39 is 0 Å². The smallest absolute Gasteiger partial charge is 0.0936 e. The van der Waals surface area contributed by atoms with Crippen LogP contribution in [0, 0.1) is 7.05 Å². The molecule has 0 N–H and O–H groups in total. The first-order chi connectivity index (χ1) is 3.83. The van der Waals surface area contributed by atoms with Crippen LogP contribution >= 0.6 is 0 Å². The standard InChI is InChI=1S/C6H9N2/c1-3-8-5-4-7(2)6-8/h3-5H,1-2,6H2. The fourth-order valence-electron chi connectivity index (χ4n) is 0.603. The minimum absolute atomic E-state index is 0.823. The molecule has 0 aliphatic carbocycles. The molecule has 0 amide bonds. The van der Waals surface area contributed by atoms with Crippen LogP contribution in [0.25, 0.3) is 0 Å². The summed E-state index contributed by atoms with van der Waals surface area (Å²) in [5.74, 6) is 0. The molecular formula is C6H9N2. The molecule has 8 heavy (non-hydrogen) atoms. The summed E-state index contributed by atoms with van der Waals surface area (Å²) in [6.07, 6.45) is 5.60. The van der Waals surface area contributed by atoms with Gasteiger partial charge in [0.15, 0.2) is 0 Å². The zero-order valence-corrected chi connectivity index (χ0v) is 4.75. The topological polar surface area (TPSA) is 6.48 Å². The maximum Gasteiger partial charge on any atom is 0.0936 e. The van der Waals surface area contributed by atoms with Crippen molar-refractivity contribution in [1.29, 1.82) is 0 Å². The largest absolute Gasteiger partial charge is 0.356 e. The molecule has 2 heteroatoms. The normalized spacial score (nSPS) is 17.6. The van der Waals surface area contributed by atoms with Gasteiger partial charge in [-0.1, -0.05) is 6.58 Å². The summed E-state index contributed by atoms with van der Waals surface area (Å²) in [4.78, 5) is 3.79. The van der Waals surface area contributed by atoms with Crippen LogP contribution in [0.2, 0.25) is 0 Å². The zero-order valence-electron chi connectivity index (χ0n) is 4.75. The van der Waals surface area contributed by atoms with Crippen molar-refractivity contribution in [3.8, 4) is 0 Å². The van der Waals surface area contributed by atoms with Gasteiger partial charge in [0.25, 0.3) is 0 Å². The van der Waals surface area contributed by atoms with E-state index in [1.165, 1.54) is 0 Å². The molecule has 0 bridgehead atoms. The van der Waals surface area contributed by atoms with Crippen LogP contribution in [0.4, 0.5) is 0 Å². The van der Waals surface area contributed by atoms with E-state index in [0.29, 0.717) is 0 Å². The van der Waals surface area contributed by atoms with Gasteiger partial charge < -0.3 is 9.80 Å². The molecule has 1 rings (SSSR count). The Balaban J connectivity index is 2.45. The van der Waals surface area contributed by atoms with E-state index in [1.807, 2.05) is 22.2 Å². The number of rotatable bonds is 1. The Morgan fingerprint density at radius 1 is 1.50 bits per heavy atom. The molecule has 0 spiro atoms. The SMILES string of the molecule is [CH2]N1C=CN(C=C)C1. The first kappa shape index (κ1) is 5.22. The molecule has 0 fully saturated rings. The van der Waals surface area contributed by atoms with E-state index in [-0.39, 0.29) is 0 Å². The van der Waals surface area contributed by atoms with E-state index in [2.05, 4.69) is 13.6 Å². The van der Waals surface area contributed by atoms with Crippen molar-refractivity contribution in [2.24, 2.45) is 0 Å². The second kappa shape index (κ2) is 1.90. The Bertz CT molecular complexity index is 118. The van der Waals surface area contributed by atoms with E-state index in [4.69, 9.17) is 0 Å². The van der Waals surface area contributed by atoms with Gasteiger partial charge in [0.05, 0.1) is 6.67 Å². The van der Waals surface area contributed by atoms with E-state index in [0.717, 1.165) is 6.67 Å². The summed E-state index contributed by atoms with van der Waals surface area (Å²) in [6.45, 7) is 4.42. The third-order valence-corrected chi connectivity index (χ3v) is 1.05. The second-order valence-electron chi connectivity index (χ2n) is 1.73. The van der Waals surface area contributed by atoms with Gasteiger partial charge in [0, 0.05) is 19.4 Å². The Morgan fingerprint density at radius 3 is 2.50 bits per heavy atom. The fraction of sp³-hybridized carbons (Fsp3) is 0.167. The molecular weight excluding hydrogens is 100 g/mol. The lowest BCUT2D eigenvalue weighted by Crippen LogP contribution is -2.14. The molecule has 0 saturated carbocycles. The Hall–Kier alpha value is -0.920. The Kier molecular flexibility index (Phi) is 1.24. The van der Waals surface area contributed by atoms with Gasteiger partial charge in [-0.2, -0.15) is 0 Å². The van der Waals surface area contributed by atoms with Crippen molar-refractivity contribution >= 4 is 0 Å². The molecule has 1 aliphatic rings. The monoisotopic (exact) mass is 109 g/mol.